The summed E-state index contributed by atoms with van der Waals surface area (Å²) in [6.07, 6.45) is 0. The third-order valence-corrected chi connectivity index (χ3v) is 3.22. The Morgan fingerprint density at radius 3 is 2.55 bits per heavy atom. The van der Waals surface area contributed by atoms with Gasteiger partial charge in [-0.05, 0) is 25.2 Å². The summed E-state index contributed by atoms with van der Waals surface area (Å²) in [6, 6.07) is 12.6. The minimum absolute atomic E-state index is 0.267. The van der Waals surface area contributed by atoms with Gasteiger partial charge in [-0.15, -0.1) is 0 Å². The van der Waals surface area contributed by atoms with Crippen LogP contribution in [0.5, 0.6) is 5.75 Å². The molecule has 0 aliphatic carbocycles. The van der Waals surface area contributed by atoms with Gasteiger partial charge in [-0.2, -0.15) is 0 Å². The van der Waals surface area contributed by atoms with E-state index >= 15 is 0 Å². The molecule has 0 fully saturated rings. The number of para-hydroxylation sites is 1. The molecule has 0 saturated heterocycles. The number of anilines is 1. The number of nitrogens with two attached hydrogens (primary N) is 1. The van der Waals surface area contributed by atoms with Crippen molar-refractivity contribution in [3.05, 3.63) is 59.4 Å². The lowest BCUT2D eigenvalue weighted by Crippen LogP contribution is -2.19. The van der Waals surface area contributed by atoms with Crippen LogP contribution >= 0.6 is 0 Å². The molecule has 3 nitrogen and oxygen atoms in total. The molecule has 0 aliphatic rings. The standard InChI is InChI=1S/C16H19FN2O/c1-19(10-12-6-3-4-9-16(12)20-2)11-13-14(17)7-5-8-15(13)18/h3-9H,10-11,18H2,1-2H3. The number of hydrogen-bond acceptors (Lipinski definition) is 3. The molecule has 2 aromatic rings. The Morgan fingerprint density at radius 1 is 1.10 bits per heavy atom. The topological polar surface area (TPSA) is 38.5 Å². The van der Waals surface area contributed by atoms with E-state index in [2.05, 4.69) is 0 Å². The number of rotatable bonds is 5. The van der Waals surface area contributed by atoms with Gasteiger partial charge in [0.05, 0.1) is 7.11 Å². The number of nitrogen functional groups attached to an aromatic ring is 1. The minimum Gasteiger partial charge on any atom is -0.496 e. The summed E-state index contributed by atoms with van der Waals surface area (Å²) < 4.78 is 19.1. The third kappa shape index (κ3) is 3.27. The van der Waals surface area contributed by atoms with Crippen LogP contribution in [0.25, 0.3) is 0 Å². The highest BCUT2D eigenvalue weighted by Crippen LogP contribution is 2.22. The zero-order valence-electron chi connectivity index (χ0n) is 11.8. The van der Waals surface area contributed by atoms with Gasteiger partial charge in [-0.25, -0.2) is 4.39 Å². The van der Waals surface area contributed by atoms with Crippen LogP contribution in [0.15, 0.2) is 42.5 Å². The lowest BCUT2D eigenvalue weighted by Gasteiger charge is -2.19. The van der Waals surface area contributed by atoms with E-state index in [0.29, 0.717) is 24.3 Å². The van der Waals surface area contributed by atoms with Crippen molar-refractivity contribution in [2.45, 2.75) is 13.1 Å². The Labute approximate surface area is 118 Å². The van der Waals surface area contributed by atoms with Crippen LogP contribution in [0, 0.1) is 5.82 Å². The van der Waals surface area contributed by atoms with Gasteiger partial charge in [-0.3, -0.25) is 4.90 Å². The zero-order valence-corrected chi connectivity index (χ0v) is 11.8. The number of hydrogen-bond donors (Lipinski definition) is 1. The van der Waals surface area contributed by atoms with E-state index in [9.17, 15) is 4.39 Å². The maximum atomic E-state index is 13.8. The van der Waals surface area contributed by atoms with Crippen molar-refractivity contribution in [1.82, 2.24) is 4.90 Å². The second kappa shape index (κ2) is 6.39. The van der Waals surface area contributed by atoms with Crippen LogP contribution in [-0.2, 0) is 13.1 Å². The zero-order chi connectivity index (χ0) is 14.5. The van der Waals surface area contributed by atoms with E-state index in [0.717, 1.165) is 11.3 Å². The Hall–Kier alpha value is -2.07. The molecule has 0 saturated carbocycles. The van der Waals surface area contributed by atoms with Crippen molar-refractivity contribution in [2.75, 3.05) is 19.9 Å². The Balaban J connectivity index is 2.11. The van der Waals surface area contributed by atoms with Crippen molar-refractivity contribution < 1.29 is 9.13 Å². The molecule has 0 bridgehead atoms. The van der Waals surface area contributed by atoms with Gasteiger partial charge in [0.25, 0.3) is 0 Å². The first kappa shape index (κ1) is 14.3. The first-order valence-corrected chi connectivity index (χ1v) is 6.45. The fourth-order valence-electron chi connectivity index (χ4n) is 2.19. The maximum Gasteiger partial charge on any atom is 0.129 e. The molecule has 0 radical (unpaired) electrons. The molecule has 0 atom stereocenters. The van der Waals surface area contributed by atoms with Gasteiger partial charge in [-0.1, -0.05) is 24.3 Å². The molecule has 0 amide bonds. The SMILES string of the molecule is COc1ccccc1CN(C)Cc1c(N)cccc1F. The highest BCUT2D eigenvalue weighted by molar-refractivity contribution is 5.47. The summed E-state index contributed by atoms with van der Waals surface area (Å²) in [5.41, 5.74) is 7.91. The van der Waals surface area contributed by atoms with Crippen LogP contribution in [0.3, 0.4) is 0 Å². The quantitative estimate of drug-likeness (QED) is 0.852. The highest BCUT2D eigenvalue weighted by Gasteiger charge is 2.11. The van der Waals surface area contributed by atoms with Crippen molar-refractivity contribution in [3.8, 4) is 5.75 Å². The van der Waals surface area contributed by atoms with Gasteiger partial charge in [0.15, 0.2) is 0 Å². The highest BCUT2D eigenvalue weighted by atomic mass is 19.1. The fourth-order valence-corrected chi connectivity index (χ4v) is 2.19. The van der Waals surface area contributed by atoms with Gasteiger partial charge >= 0.3 is 0 Å². The molecular weight excluding hydrogens is 255 g/mol. The fraction of sp³-hybridized carbons (Fsp3) is 0.250. The largest absolute Gasteiger partial charge is 0.496 e. The molecule has 2 aromatic carbocycles. The van der Waals surface area contributed by atoms with Crippen molar-refractivity contribution in [1.29, 1.82) is 0 Å². The molecule has 0 heterocycles. The predicted molar refractivity (Wildman–Crippen MR) is 79.0 cm³/mol. The minimum atomic E-state index is -0.267. The lowest BCUT2D eigenvalue weighted by atomic mass is 10.1. The molecule has 0 aromatic heterocycles. The molecule has 20 heavy (non-hydrogen) atoms. The summed E-state index contributed by atoms with van der Waals surface area (Å²) in [6.45, 7) is 1.12. The number of nitrogens with zero attached hydrogens (tertiary/aromatic N) is 1. The van der Waals surface area contributed by atoms with Gasteiger partial charge in [0.1, 0.15) is 11.6 Å². The Kier molecular flexibility index (Phi) is 4.58. The molecule has 106 valence electrons. The number of ether oxygens (including phenoxy) is 1. The monoisotopic (exact) mass is 274 g/mol. The average molecular weight is 274 g/mol. The predicted octanol–water partition coefficient (Wildman–Crippen LogP) is 3.05. The smallest absolute Gasteiger partial charge is 0.129 e. The lowest BCUT2D eigenvalue weighted by molar-refractivity contribution is 0.306. The Bertz CT molecular complexity index is 566. The normalized spacial score (nSPS) is 10.8. The average Bonchev–Trinajstić information content (AvgIpc) is 2.44. The first-order valence-electron chi connectivity index (χ1n) is 6.45. The third-order valence-electron chi connectivity index (χ3n) is 3.22. The van der Waals surface area contributed by atoms with Crippen LogP contribution in [0.1, 0.15) is 11.1 Å². The molecule has 2 rings (SSSR count). The van der Waals surface area contributed by atoms with Crippen LogP contribution in [0.2, 0.25) is 0 Å². The Morgan fingerprint density at radius 2 is 1.85 bits per heavy atom. The molecule has 0 spiro atoms. The van der Waals surface area contributed by atoms with E-state index in [1.807, 2.05) is 36.2 Å². The van der Waals surface area contributed by atoms with Crippen LogP contribution < -0.4 is 10.5 Å². The van der Waals surface area contributed by atoms with Crippen LogP contribution in [0.4, 0.5) is 10.1 Å². The first-order chi connectivity index (χ1) is 9.61. The van der Waals surface area contributed by atoms with Crippen molar-refractivity contribution in [2.24, 2.45) is 0 Å². The van der Waals surface area contributed by atoms with Crippen molar-refractivity contribution in [3.63, 3.8) is 0 Å². The van der Waals surface area contributed by atoms with E-state index < -0.39 is 0 Å². The molecule has 0 unspecified atom stereocenters. The van der Waals surface area contributed by atoms with E-state index in [1.165, 1.54) is 6.07 Å². The van der Waals surface area contributed by atoms with Gasteiger partial charge < -0.3 is 10.5 Å². The summed E-state index contributed by atoms with van der Waals surface area (Å²) in [5.74, 6) is 0.567. The summed E-state index contributed by atoms with van der Waals surface area (Å²) >= 11 is 0. The van der Waals surface area contributed by atoms with E-state index in [-0.39, 0.29) is 5.82 Å². The number of benzene rings is 2. The molecule has 0 aliphatic heterocycles. The second-order valence-corrected chi connectivity index (χ2v) is 4.79. The summed E-state index contributed by atoms with van der Waals surface area (Å²) in [5, 5.41) is 0. The molecule has 4 heteroatoms. The summed E-state index contributed by atoms with van der Waals surface area (Å²) in [7, 11) is 3.58. The van der Waals surface area contributed by atoms with Gasteiger partial charge in [0.2, 0.25) is 0 Å². The second-order valence-electron chi connectivity index (χ2n) is 4.79. The van der Waals surface area contributed by atoms with E-state index in [4.69, 9.17) is 10.5 Å². The molecule has 2 N–H and O–H groups in total. The van der Waals surface area contributed by atoms with Gasteiger partial charge in [0, 0.05) is 29.9 Å². The van der Waals surface area contributed by atoms with Crippen LogP contribution in [-0.4, -0.2) is 19.1 Å². The number of halogens is 1. The summed E-state index contributed by atoms with van der Waals surface area (Å²) in [4.78, 5) is 2.01. The maximum absolute atomic E-state index is 13.8. The van der Waals surface area contributed by atoms with E-state index in [1.54, 1.807) is 19.2 Å². The molecular formula is C16H19FN2O. The van der Waals surface area contributed by atoms with Crippen molar-refractivity contribution >= 4 is 5.69 Å². The number of methoxy groups -OCH3 is 1.